The maximum Gasteiger partial charge on any atom is 0.164 e. The lowest BCUT2D eigenvalue weighted by molar-refractivity contribution is -0.137. The molecule has 0 saturated carbocycles. The minimum atomic E-state index is -3.01. The molecule has 5 heteroatoms. The van der Waals surface area contributed by atoms with E-state index in [9.17, 15) is 18.3 Å². The van der Waals surface area contributed by atoms with Crippen molar-refractivity contribution >= 4 is 15.6 Å². The molecule has 1 aliphatic rings. The predicted octanol–water partition coefficient (Wildman–Crippen LogP) is -0.0948. The third-order valence-corrected chi connectivity index (χ3v) is 4.15. The molecule has 1 heterocycles. The van der Waals surface area contributed by atoms with E-state index in [1.54, 1.807) is 6.92 Å². The summed E-state index contributed by atoms with van der Waals surface area (Å²) in [5.41, 5.74) is -1.37. The molecule has 1 N–H and O–H groups in total. The highest BCUT2D eigenvalue weighted by Crippen LogP contribution is 2.25. The minimum absolute atomic E-state index is 0.0575. The monoisotopic (exact) mass is 206 g/mol. The summed E-state index contributed by atoms with van der Waals surface area (Å²) < 4.78 is 22.1. The Labute approximate surface area is 77.9 Å². The number of hydrogen-bond donors (Lipinski definition) is 1. The van der Waals surface area contributed by atoms with E-state index in [1.165, 1.54) is 0 Å². The van der Waals surface area contributed by atoms with E-state index in [0.29, 0.717) is 0 Å². The van der Waals surface area contributed by atoms with Crippen LogP contribution in [0.1, 0.15) is 26.2 Å². The van der Waals surface area contributed by atoms with Gasteiger partial charge in [-0.1, -0.05) is 6.92 Å². The second-order valence-electron chi connectivity index (χ2n) is 3.46. The zero-order valence-corrected chi connectivity index (χ0v) is 8.43. The van der Waals surface area contributed by atoms with E-state index in [-0.39, 0.29) is 36.6 Å². The molecule has 1 rings (SSSR count). The molecule has 0 aromatic rings. The van der Waals surface area contributed by atoms with E-state index >= 15 is 0 Å². The van der Waals surface area contributed by atoms with Crippen molar-refractivity contribution in [2.75, 3.05) is 11.5 Å². The van der Waals surface area contributed by atoms with Gasteiger partial charge in [-0.15, -0.1) is 0 Å². The lowest BCUT2D eigenvalue weighted by Crippen LogP contribution is -2.45. The first-order valence-corrected chi connectivity index (χ1v) is 6.18. The average Bonchev–Trinajstić information content (AvgIpc) is 2.09. The number of carbonyl (C=O) groups is 1. The maximum atomic E-state index is 11.3. The van der Waals surface area contributed by atoms with Crippen LogP contribution in [0.25, 0.3) is 0 Å². The highest BCUT2D eigenvalue weighted by Gasteiger charge is 2.40. The highest BCUT2D eigenvalue weighted by molar-refractivity contribution is 7.91. The van der Waals surface area contributed by atoms with Gasteiger partial charge >= 0.3 is 0 Å². The molecule has 0 bridgehead atoms. The lowest BCUT2D eigenvalue weighted by atomic mass is 9.90. The van der Waals surface area contributed by atoms with Gasteiger partial charge in [0.05, 0.1) is 11.5 Å². The Hall–Kier alpha value is -0.420. The Morgan fingerprint density at radius 2 is 1.85 bits per heavy atom. The van der Waals surface area contributed by atoms with Gasteiger partial charge in [0.15, 0.2) is 15.6 Å². The molecule has 0 aromatic carbocycles. The van der Waals surface area contributed by atoms with Gasteiger partial charge in [0.1, 0.15) is 5.60 Å². The molecule has 76 valence electrons. The van der Waals surface area contributed by atoms with Crippen molar-refractivity contribution in [3.05, 3.63) is 0 Å². The maximum absolute atomic E-state index is 11.3. The molecule has 1 saturated heterocycles. The van der Waals surface area contributed by atoms with Gasteiger partial charge in [-0.2, -0.15) is 0 Å². The largest absolute Gasteiger partial charge is 0.382 e. The number of aliphatic hydroxyl groups is 1. The van der Waals surface area contributed by atoms with E-state index < -0.39 is 15.4 Å². The van der Waals surface area contributed by atoms with Crippen molar-refractivity contribution in [1.29, 1.82) is 0 Å². The van der Waals surface area contributed by atoms with E-state index in [0.717, 1.165) is 0 Å². The van der Waals surface area contributed by atoms with Crippen LogP contribution in [0.3, 0.4) is 0 Å². The second kappa shape index (κ2) is 3.38. The van der Waals surface area contributed by atoms with Crippen molar-refractivity contribution in [1.82, 2.24) is 0 Å². The first-order chi connectivity index (χ1) is 5.90. The van der Waals surface area contributed by atoms with Crippen LogP contribution in [-0.4, -0.2) is 36.4 Å². The molecule has 0 unspecified atom stereocenters. The van der Waals surface area contributed by atoms with Crippen LogP contribution >= 0.6 is 0 Å². The highest BCUT2D eigenvalue weighted by atomic mass is 32.2. The number of Topliss-reactive ketones (excluding diaryl/α,β-unsaturated/α-hetero) is 1. The van der Waals surface area contributed by atoms with Crippen LogP contribution in [-0.2, 0) is 14.6 Å². The fraction of sp³-hybridized carbons (Fsp3) is 0.875. The Kier molecular flexibility index (Phi) is 2.77. The van der Waals surface area contributed by atoms with Gasteiger partial charge in [-0.3, -0.25) is 4.79 Å². The summed E-state index contributed by atoms with van der Waals surface area (Å²) in [4.78, 5) is 11.3. The topological polar surface area (TPSA) is 71.4 Å². The first kappa shape index (κ1) is 10.7. The van der Waals surface area contributed by atoms with Crippen molar-refractivity contribution in [3.63, 3.8) is 0 Å². The molecule has 4 nitrogen and oxygen atoms in total. The Bertz CT molecular complexity index is 290. The fourth-order valence-electron chi connectivity index (χ4n) is 1.48. The number of hydrogen-bond acceptors (Lipinski definition) is 4. The van der Waals surface area contributed by atoms with Gasteiger partial charge in [-0.25, -0.2) is 8.42 Å². The molecule has 1 fully saturated rings. The smallest absolute Gasteiger partial charge is 0.164 e. The van der Waals surface area contributed by atoms with Crippen molar-refractivity contribution in [3.8, 4) is 0 Å². The standard InChI is InChI=1S/C8H14O4S/c1-2-7(9)8(10)3-5-13(11,12)6-4-8/h10H,2-6H2,1H3. The molecule has 1 aliphatic heterocycles. The minimum Gasteiger partial charge on any atom is -0.382 e. The molecule has 0 aliphatic carbocycles. The van der Waals surface area contributed by atoms with Crippen molar-refractivity contribution < 1.29 is 18.3 Å². The van der Waals surface area contributed by atoms with Gasteiger partial charge in [0, 0.05) is 6.42 Å². The summed E-state index contributed by atoms with van der Waals surface area (Å²) in [7, 11) is -3.01. The summed E-state index contributed by atoms with van der Waals surface area (Å²) in [6, 6.07) is 0. The van der Waals surface area contributed by atoms with Gasteiger partial charge < -0.3 is 5.11 Å². The van der Waals surface area contributed by atoms with Crippen molar-refractivity contribution in [2.45, 2.75) is 31.8 Å². The molecule has 0 spiro atoms. The SMILES string of the molecule is CCC(=O)C1(O)CCS(=O)(=O)CC1. The number of ketones is 1. The predicted molar refractivity (Wildman–Crippen MR) is 48.1 cm³/mol. The quantitative estimate of drug-likeness (QED) is 0.685. The third kappa shape index (κ3) is 2.28. The lowest BCUT2D eigenvalue weighted by Gasteiger charge is -2.29. The summed E-state index contributed by atoms with van der Waals surface area (Å²) in [5, 5.41) is 9.76. The fourth-order valence-corrected chi connectivity index (χ4v) is 2.99. The van der Waals surface area contributed by atoms with E-state index in [4.69, 9.17) is 0 Å². The van der Waals surface area contributed by atoms with Gasteiger partial charge in [-0.05, 0) is 12.8 Å². The van der Waals surface area contributed by atoms with Gasteiger partial charge in [0.25, 0.3) is 0 Å². The summed E-state index contributed by atoms with van der Waals surface area (Å²) in [6.07, 6.45) is 0.376. The Morgan fingerprint density at radius 1 is 1.38 bits per heavy atom. The number of rotatable bonds is 2. The van der Waals surface area contributed by atoms with Crippen molar-refractivity contribution in [2.24, 2.45) is 0 Å². The number of sulfone groups is 1. The normalized spacial score (nSPS) is 25.4. The molecule has 13 heavy (non-hydrogen) atoms. The van der Waals surface area contributed by atoms with E-state index in [1.807, 2.05) is 0 Å². The molecule has 0 atom stereocenters. The van der Waals surface area contributed by atoms with Crippen LogP contribution in [0.5, 0.6) is 0 Å². The second-order valence-corrected chi connectivity index (χ2v) is 5.76. The summed E-state index contributed by atoms with van der Waals surface area (Å²) in [6.45, 7) is 1.67. The number of carbonyl (C=O) groups excluding carboxylic acids is 1. The average molecular weight is 206 g/mol. The zero-order valence-electron chi connectivity index (χ0n) is 7.62. The third-order valence-electron chi connectivity index (χ3n) is 2.49. The molecular formula is C8H14O4S. The summed E-state index contributed by atoms with van der Waals surface area (Å²) >= 11 is 0. The van der Waals surface area contributed by atoms with Crippen LogP contribution < -0.4 is 0 Å². The Morgan fingerprint density at radius 3 is 2.23 bits per heavy atom. The molecule has 0 amide bonds. The molecule has 0 radical (unpaired) electrons. The van der Waals surface area contributed by atoms with Crippen LogP contribution in [0.4, 0.5) is 0 Å². The molecule has 0 aromatic heterocycles. The van der Waals surface area contributed by atoms with Crippen LogP contribution in [0, 0.1) is 0 Å². The van der Waals surface area contributed by atoms with E-state index in [2.05, 4.69) is 0 Å². The van der Waals surface area contributed by atoms with Crippen LogP contribution in [0.2, 0.25) is 0 Å². The van der Waals surface area contributed by atoms with Crippen LogP contribution in [0.15, 0.2) is 0 Å². The van der Waals surface area contributed by atoms with Gasteiger partial charge in [0.2, 0.25) is 0 Å². The molecular weight excluding hydrogens is 192 g/mol. The zero-order chi connectivity index (χ0) is 10.1. The summed E-state index contributed by atoms with van der Waals surface area (Å²) in [5.74, 6) is -0.396. The first-order valence-electron chi connectivity index (χ1n) is 4.36. The Balaban J connectivity index is 2.72.